The maximum absolute atomic E-state index is 11.7. The molecule has 0 aromatic rings. The van der Waals surface area contributed by atoms with Crippen molar-refractivity contribution in [3.05, 3.63) is 11.6 Å². The number of aliphatic carboxylic acids is 1. The molecular weight excluding hydrogens is 224 g/mol. The summed E-state index contributed by atoms with van der Waals surface area (Å²) in [4.78, 5) is 11.7. The zero-order valence-electron chi connectivity index (χ0n) is 10.9. The predicted molar refractivity (Wildman–Crippen MR) is 69.0 cm³/mol. The van der Waals surface area contributed by atoms with E-state index in [0.29, 0.717) is 5.92 Å². The lowest BCUT2D eigenvalue weighted by atomic mass is 9.47. The molecule has 0 aromatic carbocycles. The van der Waals surface area contributed by atoms with Gasteiger partial charge in [-0.1, -0.05) is 6.08 Å². The van der Waals surface area contributed by atoms with Gasteiger partial charge in [-0.05, 0) is 75.0 Å². The quantitative estimate of drug-likeness (QED) is 0.772. The van der Waals surface area contributed by atoms with E-state index >= 15 is 0 Å². The molecule has 1 N–H and O–H groups in total. The summed E-state index contributed by atoms with van der Waals surface area (Å²) >= 11 is 0. The Morgan fingerprint density at radius 1 is 1.00 bits per heavy atom. The summed E-state index contributed by atoms with van der Waals surface area (Å²) in [7, 11) is 0. The molecule has 2 heteroatoms. The maximum atomic E-state index is 11.7. The highest BCUT2D eigenvalue weighted by Gasteiger charge is 2.54. The van der Waals surface area contributed by atoms with Crippen LogP contribution in [0.1, 0.15) is 51.4 Å². The van der Waals surface area contributed by atoms with Gasteiger partial charge in [-0.3, -0.25) is 0 Å². The van der Waals surface area contributed by atoms with Gasteiger partial charge in [-0.2, -0.15) is 0 Å². The van der Waals surface area contributed by atoms with Crippen molar-refractivity contribution >= 4 is 5.97 Å². The molecule has 0 aliphatic heterocycles. The number of allylic oxidation sites excluding steroid dienone is 1. The Morgan fingerprint density at radius 2 is 1.50 bits per heavy atom. The second-order valence-corrected chi connectivity index (χ2v) is 7.42. The van der Waals surface area contributed by atoms with Crippen molar-refractivity contribution in [1.29, 1.82) is 0 Å². The number of carbonyl (C=O) groups is 1. The molecule has 0 unspecified atom stereocenters. The minimum Gasteiger partial charge on any atom is -0.478 e. The van der Waals surface area contributed by atoms with Crippen molar-refractivity contribution in [1.82, 2.24) is 0 Å². The lowest BCUT2D eigenvalue weighted by molar-refractivity contribution is -0.136. The summed E-state index contributed by atoms with van der Waals surface area (Å²) in [5.41, 5.74) is 0.882. The van der Waals surface area contributed by atoms with Crippen LogP contribution in [0.5, 0.6) is 0 Å². The lowest BCUT2D eigenvalue weighted by Gasteiger charge is -2.57. The van der Waals surface area contributed by atoms with Crippen LogP contribution in [-0.4, -0.2) is 11.1 Å². The number of hydrogen-bond donors (Lipinski definition) is 1. The van der Waals surface area contributed by atoms with Crippen molar-refractivity contribution < 1.29 is 9.90 Å². The van der Waals surface area contributed by atoms with Gasteiger partial charge in [-0.25, -0.2) is 4.79 Å². The molecule has 2 nitrogen and oxygen atoms in total. The molecule has 5 aliphatic carbocycles. The molecule has 98 valence electrons. The molecular formula is C16H22O2. The topological polar surface area (TPSA) is 37.3 Å². The average molecular weight is 246 g/mol. The molecule has 0 aromatic heterocycles. The Morgan fingerprint density at radius 3 is 1.89 bits per heavy atom. The molecule has 5 fully saturated rings. The number of rotatable bonds is 3. The van der Waals surface area contributed by atoms with Crippen LogP contribution in [0.25, 0.3) is 0 Å². The second kappa shape index (κ2) is 3.61. The van der Waals surface area contributed by atoms with Crippen molar-refractivity contribution in [3.63, 3.8) is 0 Å². The van der Waals surface area contributed by atoms with Crippen molar-refractivity contribution in [2.75, 3.05) is 0 Å². The van der Waals surface area contributed by atoms with E-state index in [9.17, 15) is 9.90 Å². The van der Waals surface area contributed by atoms with Gasteiger partial charge in [0.1, 0.15) is 0 Å². The minimum absolute atomic E-state index is 0.0726. The first kappa shape index (κ1) is 11.1. The molecule has 0 saturated heterocycles. The van der Waals surface area contributed by atoms with E-state index in [1.54, 1.807) is 0 Å². The van der Waals surface area contributed by atoms with E-state index in [-0.39, 0.29) is 5.41 Å². The Labute approximate surface area is 108 Å². The molecule has 0 radical (unpaired) electrons. The van der Waals surface area contributed by atoms with Crippen molar-refractivity contribution in [2.45, 2.75) is 51.4 Å². The normalized spacial score (nSPS) is 46.4. The summed E-state index contributed by atoms with van der Waals surface area (Å²) in [6, 6.07) is 0. The van der Waals surface area contributed by atoms with Crippen LogP contribution in [0.2, 0.25) is 0 Å². The van der Waals surface area contributed by atoms with Gasteiger partial charge in [0.25, 0.3) is 0 Å². The first-order valence-corrected chi connectivity index (χ1v) is 7.60. The van der Waals surface area contributed by atoms with E-state index in [1.165, 1.54) is 51.4 Å². The predicted octanol–water partition coefficient (Wildman–Crippen LogP) is 3.62. The zero-order chi connectivity index (χ0) is 12.3. The number of hydrogen-bond acceptors (Lipinski definition) is 1. The van der Waals surface area contributed by atoms with E-state index in [4.69, 9.17) is 0 Å². The Kier molecular flexibility index (Phi) is 2.22. The molecule has 0 spiro atoms. The molecule has 4 bridgehead atoms. The smallest absolute Gasteiger partial charge is 0.331 e. The first-order chi connectivity index (χ1) is 8.64. The van der Waals surface area contributed by atoms with E-state index in [1.807, 2.05) is 0 Å². The summed E-state index contributed by atoms with van der Waals surface area (Å²) in [6.45, 7) is 0. The van der Waals surface area contributed by atoms with Gasteiger partial charge in [0.15, 0.2) is 0 Å². The zero-order valence-corrected chi connectivity index (χ0v) is 10.9. The van der Waals surface area contributed by atoms with Crippen LogP contribution < -0.4 is 0 Å². The van der Waals surface area contributed by atoms with Crippen LogP contribution in [-0.2, 0) is 4.79 Å². The third-order valence-electron chi connectivity index (χ3n) is 5.86. The fourth-order valence-corrected chi connectivity index (χ4v) is 5.41. The van der Waals surface area contributed by atoms with Gasteiger partial charge in [-0.15, -0.1) is 0 Å². The fraction of sp³-hybridized carbons (Fsp3) is 0.812. The lowest BCUT2D eigenvalue weighted by Crippen LogP contribution is -2.48. The SMILES string of the molecule is O=C(O)/C(=C/C1CC1)C12CC3CC(CC(C3)C1)C2. The average Bonchev–Trinajstić information content (AvgIpc) is 3.06. The van der Waals surface area contributed by atoms with Gasteiger partial charge in [0.2, 0.25) is 0 Å². The molecule has 18 heavy (non-hydrogen) atoms. The van der Waals surface area contributed by atoms with E-state index in [0.717, 1.165) is 23.3 Å². The minimum atomic E-state index is -0.621. The maximum Gasteiger partial charge on any atom is 0.331 e. The molecule has 5 rings (SSSR count). The fourth-order valence-electron chi connectivity index (χ4n) is 5.41. The molecule has 5 saturated carbocycles. The summed E-state index contributed by atoms with van der Waals surface area (Å²) in [6.07, 6.45) is 12.2. The Bertz CT molecular complexity index is 382. The Hall–Kier alpha value is -0.790. The van der Waals surface area contributed by atoms with Gasteiger partial charge < -0.3 is 5.11 Å². The van der Waals surface area contributed by atoms with Gasteiger partial charge in [0, 0.05) is 11.0 Å². The standard InChI is InChI=1S/C16H22O2/c17-15(18)14(6-10-1-2-10)16-7-11-3-12(8-16)5-13(4-11)9-16/h6,10-13H,1-5,7-9H2,(H,17,18)/b14-6-. The number of carboxylic acids is 1. The molecule has 0 amide bonds. The van der Waals surface area contributed by atoms with Gasteiger partial charge >= 0.3 is 5.97 Å². The highest BCUT2D eigenvalue weighted by atomic mass is 16.4. The van der Waals surface area contributed by atoms with Crippen LogP contribution in [0.15, 0.2) is 11.6 Å². The molecule has 0 atom stereocenters. The summed E-state index contributed by atoms with van der Waals surface area (Å²) in [5, 5.41) is 9.64. The van der Waals surface area contributed by atoms with E-state index in [2.05, 4.69) is 6.08 Å². The molecule has 5 aliphatic rings. The Balaban J connectivity index is 1.71. The third kappa shape index (κ3) is 1.64. The van der Waals surface area contributed by atoms with E-state index < -0.39 is 5.97 Å². The summed E-state index contributed by atoms with van der Waals surface area (Å²) < 4.78 is 0. The largest absolute Gasteiger partial charge is 0.478 e. The van der Waals surface area contributed by atoms with Crippen LogP contribution >= 0.6 is 0 Å². The molecule has 0 heterocycles. The highest BCUT2D eigenvalue weighted by molar-refractivity contribution is 5.88. The van der Waals surface area contributed by atoms with Crippen molar-refractivity contribution in [2.24, 2.45) is 29.1 Å². The number of carboxylic acid groups (broad SMARTS) is 1. The van der Waals surface area contributed by atoms with Crippen molar-refractivity contribution in [3.8, 4) is 0 Å². The third-order valence-corrected chi connectivity index (χ3v) is 5.86. The monoisotopic (exact) mass is 246 g/mol. The van der Waals surface area contributed by atoms with Crippen LogP contribution in [0.3, 0.4) is 0 Å². The highest BCUT2D eigenvalue weighted by Crippen LogP contribution is 2.63. The summed E-state index contributed by atoms with van der Waals surface area (Å²) in [5.74, 6) is 2.46. The van der Waals surface area contributed by atoms with Crippen LogP contribution in [0.4, 0.5) is 0 Å². The second-order valence-electron chi connectivity index (χ2n) is 7.42. The van der Waals surface area contributed by atoms with Crippen LogP contribution in [0, 0.1) is 29.1 Å². The first-order valence-electron chi connectivity index (χ1n) is 7.60. The van der Waals surface area contributed by atoms with Gasteiger partial charge in [0.05, 0.1) is 0 Å².